The molecule has 12 nitrogen and oxygen atoms in total. The lowest BCUT2D eigenvalue weighted by Crippen LogP contribution is -2.06. The van der Waals surface area contributed by atoms with E-state index in [1.54, 1.807) is 6.92 Å². The molecule has 0 aliphatic carbocycles. The lowest BCUT2D eigenvalue weighted by Gasteiger charge is -2.00. The molecule has 0 heterocycles. The average Bonchev–Trinajstić information content (AvgIpc) is 3.06. The smallest absolute Gasteiger partial charge is 0.180 e. The summed E-state index contributed by atoms with van der Waals surface area (Å²) in [4.78, 5) is 59.3. The van der Waals surface area contributed by atoms with Gasteiger partial charge in [-0.15, -0.1) is 0 Å². The van der Waals surface area contributed by atoms with Crippen LogP contribution in [0.3, 0.4) is 0 Å². The molecule has 1 rings (SSSR count). The van der Waals surface area contributed by atoms with Crippen molar-refractivity contribution in [2.75, 3.05) is 53.1 Å². The van der Waals surface area contributed by atoms with Crippen LogP contribution < -0.4 is 0 Å². The summed E-state index contributed by atoms with van der Waals surface area (Å²) >= 11 is 0. The van der Waals surface area contributed by atoms with E-state index in [0.29, 0.717) is 51.4 Å². The molecule has 0 unspecified atom stereocenters. The minimum absolute atomic E-state index is 0.0946. The lowest BCUT2D eigenvalue weighted by atomic mass is 10.1. The number of benzene rings is 1. The summed E-state index contributed by atoms with van der Waals surface area (Å²) in [6.45, 7) is 16.1. The predicted octanol–water partition coefficient (Wildman–Crippen LogP) is 6.12. The molecule has 0 atom stereocenters. The van der Waals surface area contributed by atoms with Crippen molar-refractivity contribution in [3.63, 3.8) is 0 Å². The molecule has 272 valence electrons. The number of hydrogen-bond donors (Lipinski definition) is 0. The summed E-state index contributed by atoms with van der Waals surface area (Å²) in [5, 5.41) is 0. The molecule has 0 aromatic heterocycles. The molecule has 0 radical (unpaired) electrons. The van der Waals surface area contributed by atoms with Crippen LogP contribution in [0.15, 0.2) is 50.3 Å². The molecular weight excluding hydrogens is 616 g/mol. The SMILES string of the molecule is CCCC(=O)CN=C(C)OCC.CCCC(=O)CN=COC.CCCC(=O)CN=COCC.CCOC=NCC(=O)Cc1ccccc1. The fourth-order valence-electron chi connectivity index (χ4n) is 3.15. The van der Waals surface area contributed by atoms with E-state index >= 15 is 0 Å². The topological polar surface area (TPSA) is 155 Å². The summed E-state index contributed by atoms with van der Waals surface area (Å²) < 4.78 is 19.3. The summed E-state index contributed by atoms with van der Waals surface area (Å²) in [6.07, 6.45) is 8.91. The van der Waals surface area contributed by atoms with Gasteiger partial charge < -0.3 is 18.9 Å². The molecule has 0 fully saturated rings. The van der Waals surface area contributed by atoms with Crippen LogP contribution in [0.1, 0.15) is 92.6 Å². The van der Waals surface area contributed by atoms with Gasteiger partial charge >= 0.3 is 0 Å². The molecule has 0 spiro atoms. The molecule has 0 bridgehead atoms. The van der Waals surface area contributed by atoms with Crippen LogP contribution in [0.25, 0.3) is 0 Å². The van der Waals surface area contributed by atoms with E-state index in [0.717, 1.165) is 24.8 Å². The number of carbonyl (C=O) groups is 4. The predicted molar refractivity (Wildman–Crippen MR) is 195 cm³/mol. The minimum Gasteiger partial charge on any atom is -0.487 e. The molecule has 0 aliphatic rings. The summed E-state index contributed by atoms with van der Waals surface area (Å²) in [7, 11) is 1.51. The number of ether oxygens (including phenoxy) is 4. The summed E-state index contributed by atoms with van der Waals surface area (Å²) in [5.74, 6) is 1.20. The molecule has 0 saturated heterocycles. The quantitative estimate of drug-likeness (QED) is 0.105. The molecule has 0 saturated carbocycles. The Labute approximate surface area is 288 Å². The fraction of sp³-hybridized carbons (Fsp3) is 0.611. The Morgan fingerprint density at radius 2 is 1.04 bits per heavy atom. The third-order valence-corrected chi connectivity index (χ3v) is 5.28. The number of methoxy groups -OCH3 is 1. The van der Waals surface area contributed by atoms with Crippen LogP contribution in [-0.2, 0) is 44.5 Å². The fourth-order valence-corrected chi connectivity index (χ4v) is 3.15. The molecule has 0 N–H and O–H groups in total. The normalized spacial score (nSPS) is 10.6. The Hall–Kier alpha value is -4.22. The number of carbonyl (C=O) groups excluding carboxylic acids is 4. The number of Topliss-reactive ketones (excluding diaryl/α,β-unsaturated/α-hetero) is 4. The standard InChI is InChI=1S/C12H15NO2.C9H17NO2.C8H15NO2.C7H13NO2/c1-2-15-10-13-9-12(14)8-11-6-4-3-5-7-11;1-4-6-9(11)7-10-8(3)12-5-2;1-3-5-8(10)6-9-7-11-4-2;1-3-4-7(9)5-8-6-10-2/h3-7,10H,2,8-9H2,1H3;4-7H2,1-3H3;7H,3-6H2,1-2H3;6H,3-5H2,1-2H3. The Morgan fingerprint density at radius 3 is 1.46 bits per heavy atom. The van der Waals surface area contributed by atoms with Crippen molar-refractivity contribution in [1.82, 2.24) is 0 Å². The van der Waals surface area contributed by atoms with Crippen LogP contribution in [0.2, 0.25) is 0 Å². The van der Waals surface area contributed by atoms with Crippen LogP contribution in [0.5, 0.6) is 0 Å². The van der Waals surface area contributed by atoms with Crippen LogP contribution >= 0.6 is 0 Å². The van der Waals surface area contributed by atoms with E-state index in [-0.39, 0.29) is 49.3 Å². The Morgan fingerprint density at radius 1 is 0.604 bits per heavy atom. The minimum atomic E-state index is 0.0946. The highest BCUT2D eigenvalue weighted by Crippen LogP contribution is 2.00. The highest BCUT2D eigenvalue weighted by Gasteiger charge is 2.01. The van der Waals surface area contributed by atoms with Gasteiger partial charge in [-0.2, -0.15) is 0 Å². The van der Waals surface area contributed by atoms with Gasteiger partial charge in [-0.25, -0.2) is 4.99 Å². The van der Waals surface area contributed by atoms with Gasteiger partial charge in [-0.05, 0) is 45.6 Å². The number of aliphatic imine (C=N–C) groups is 4. The molecule has 1 aromatic rings. The number of hydrogen-bond acceptors (Lipinski definition) is 12. The van der Waals surface area contributed by atoms with Gasteiger partial charge in [0.25, 0.3) is 0 Å². The van der Waals surface area contributed by atoms with Crippen LogP contribution in [-0.4, -0.2) is 101 Å². The largest absolute Gasteiger partial charge is 0.487 e. The second-order valence-electron chi connectivity index (χ2n) is 9.82. The molecular formula is C36H60N4O8. The summed E-state index contributed by atoms with van der Waals surface area (Å²) in [5.41, 5.74) is 1.02. The van der Waals surface area contributed by atoms with Crippen molar-refractivity contribution in [3.05, 3.63) is 35.9 Å². The molecule has 1 aromatic carbocycles. The van der Waals surface area contributed by atoms with Crippen molar-refractivity contribution in [3.8, 4) is 0 Å². The number of ketones is 4. The van der Waals surface area contributed by atoms with Crippen molar-refractivity contribution < 1.29 is 38.1 Å². The van der Waals surface area contributed by atoms with E-state index < -0.39 is 0 Å². The van der Waals surface area contributed by atoms with E-state index in [9.17, 15) is 19.2 Å². The second-order valence-corrected chi connectivity index (χ2v) is 9.82. The monoisotopic (exact) mass is 676 g/mol. The van der Waals surface area contributed by atoms with Crippen molar-refractivity contribution in [1.29, 1.82) is 0 Å². The van der Waals surface area contributed by atoms with E-state index in [2.05, 4.69) is 24.7 Å². The van der Waals surface area contributed by atoms with Crippen molar-refractivity contribution in [2.45, 2.75) is 93.4 Å². The Kier molecular flexibility index (Phi) is 39.1. The zero-order valence-corrected chi connectivity index (χ0v) is 30.6. The van der Waals surface area contributed by atoms with Gasteiger partial charge in [-0.1, -0.05) is 51.1 Å². The first kappa shape index (κ1) is 48.2. The molecule has 0 amide bonds. The highest BCUT2D eigenvalue weighted by molar-refractivity contribution is 5.84. The lowest BCUT2D eigenvalue weighted by molar-refractivity contribution is -0.118. The Bertz CT molecular complexity index is 1060. The zero-order valence-electron chi connectivity index (χ0n) is 30.6. The first-order chi connectivity index (χ1) is 23.1. The van der Waals surface area contributed by atoms with Crippen LogP contribution in [0, 0.1) is 0 Å². The second kappa shape index (κ2) is 39.0. The van der Waals surface area contributed by atoms with E-state index in [1.165, 1.54) is 26.3 Å². The first-order valence-electron chi connectivity index (χ1n) is 16.6. The van der Waals surface area contributed by atoms with Gasteiger partial charge in [0.2, 0.25) is 0 Å². The highest BCUT2D eigenvalue weighted by atomic mass is 16.5. The third kappa shape index (κ3) is 39.8. The van der Waals surface area contributed by atoms with Gasteiger partial charge in [0, 0.05) is 32.6 Å². The molecule has 0 aliphatic heterocycles. The third-order valence-electron chi connectivity index (χ3n) is 5.28. The maximum Gasteiger partial charge on any atom is 0.180 e. The van der Waals surface area contributed by atoms with E-state index in [4.69, 9.17) is 14.2 Å². The van der Waals surface area contributed by atoms with Crippen LogP contribution in [0.4, 0.5) is 0 Å². The molecule has 12 heteroatoms. The van der Waals surface area contributed by atoms with Crippen molar-refractivity contribution in [2.24, 2.45) is 20.0 Å². The van der Waals surface area contributed by atoms with Crippen molar-refractivity contribution >= 4 is 48.2 Å². The summed E-state index contributed by atoms with van der Waals surface area (Å²) in [6, 6.07) is 9.65. The zero-order chi connectivity index (χ0) is 36.7. The van der Waals surface area contributed by atoms with Gasteiger partial charge in [0.1, 0.15) is 26.2 Å². The van der Waals surface area contributed by atoms with Gasteiger partial charge in [-0.3, -0.25) is 34.2 Å². The Balaban J connectivity index is -0.000000570. The van der Waals surface area contributed by atoms with E-state index in [1.807, 2.05) is 71.9 Å². The average molecular weight is 677 g/mol. The maximum absolute atomic E-state index is 11.4. The van der Waals surface area contributed by atoms with Gasteiger partial charge in [0.15, 0.2) is 48.2 Å². The molecule has 48 heavy (non-hydrogen) atoms. The number of nitrogens with zero attached hydrogens (tertiary/aromatic N) is 4. The first-order valence-corrected chi connectivity index (χ1v) is 16.6. The van der Waals surface area contributed by atoms with Gasteiger partial charge in [0.05, 0.1) is 26.9 Å². The maximum atomic E-state index is 11.4. The number of rotatable bonds is 22.